The van der Waals surface area contributed by atoms with Gasteiger partial charge in [-0.1, -0.05) is 24.2 Å². The molecule has 5 nitrogen and oxygen atoms in total. The first-order valence-corrected chi connectivity index (χ1v) is 8.62. The van der Waals surface area contributed by atoms with E-state index in [0.717, 1.165) is 12.2 Å². The van der Waals surface area contributed by atoms with E-state index >= 15 is 0 Å². The monoisotopic (exact) mass is 364 g/mol. The Hall–Kier alpha value is -3.41. The predicted octanol–water partition coefficient (Wildman–Crippen LogP) is 5.28. The van der Waals surface area contributed by atoms with Gasteiger partial charge >= 0.3 is 0 Å². The molecule has 0 saturated carbocycles. The molecule has 0 bridgehead atoms. The highest BCUT2D eigenvalue weighted by Crippen LogP contribution is 2.25. The highest BCUT2D eigenvalue weighted by Gasteiger charge is 2.14. The van der Waals surface area contributed by atoms with Gasteiger partial charge in [0, 0.05) is 5.56 Å². The molecule has 0 aliphatic carbocycles. The molecule has 6 heteroatoms. The lowest BCUT2D eigenvalue weighted by molar-refractivity contribution is 0.270. The summed E-state index contributed by atoms with van der Waals surface area (Å²) in [6, 6.07) is 17.4. The van der Waals surface area contributed by atoms with Crippen molar-refractivity contribution in [1.29, 1.82) is 0 Å². The topological polar surface area (TPSA) is 61.3 Å². The summed E-state index contributed by atoms with van der Waals surface area (Å²) in [5.74, 6) is 2.19. The second-order valence-electron chi connectivity index (χ2n) is 5.98. The molecule has 0 amide bonds. The Labute approximate surface area is 155 Å². The van der Waals surface area contributed by atoms with Crippen LogP contribution in [-0.4, -0.2) is 10.1 Å². The van der Waals surface area contributed by atoms with Gasteiger partial charge in [0.05, 0.1) is 0 Å². The van der Waals surface area contributed by atoms with Crippen molar-refractivity contribution >= 4 is 0 Å². The Morgan fingerprint density at radius 3 is 2.48 bits per heavy atom. The highest BCUT2D eigenvalue weighted by atomic mass is 19.1. The van der Waals surface area contributed by atoms with Gasteiger partial charge in [-0.25, -0.2) is 4.39 Å². The van der Waals surface area contributed by atoms with Gasteiger partial charge in [0.2, 0.25) is 5.82 Å². The lowest BCUT2D eigenvalue weighted by Gasteiger charge is -2.04. The number of halogens is 1. The van der Waals surface area contributed by atoms with Crippen molar-refractivity contribution in [2.24, 2.45) is 0 Å². The largest absolute Gasteiger partial charge is 0.486 e. The van der Waals surface area contributed by atoms with Gasteiger partial charge in [-0.15, -0.1) is 0 Å². The van der Waals surface area contributed by atoms with Gasteiger partial charge in [0.25, 0.3) is 5.89 Å². The second-order valence-corrected chi connectivity index (χ2v) is 5.98. The number of hydrogen-bond acceptors (Lipinski definition) is 5. The first kappa shape index (κ1) is 17.0. The van der Waals surface area contributed by atoms with Crippen molar-refractivity contribution in [2.75, 3.05) is 0 Å². The number of nitrogens with zero attached hydrogens (tertiary/aromatic N) is 2. The van der Waals surface area contributed by atoms with E-state index in [1.54, 1.807) is 24.3 Å². The zero-order valence-corrected chi connectivity index (χ0v) is 14.7. The molecule has 0 fully saturated rings. The Morgan fingerprint density at radius 1 is 0.963 bits per heavy atom. The molecule has 0 spiro atoms. The molecule has 2 heterocycles. The fourth-order valence-electron chi connectivity index (χ4n) is 2.59. The Balaban J connectivity index is 1.43. The summed E-state index contributed by atoms with van der Waals surface area (Å²) >= 11 is 0. The molecule has 0 N–H and O–H groups in total. The van der Waals surface area contributed by atoms with Crippen LogP contribution in [0.2, 0.25) is 0 Å². The van der Waals surface area contributed by atoms with Gasteiger partial charge in [-0.05, 0) is 60.5 Å². The number of ether oxygens (including phenoxy) is 1. The van der Waals surface area contributed by atoms with Crippen molar-refractivity contribution in [3.63, 3.8) is 0 Å². The van der Waals surface area contributed by atoms with Crippen molar-refractivity contribution in [2.45, 2.75) is 20.0 Å². The molecule has 0 aliphatic rings. The van der Waals surface area contributed by atoms with Crippen LogP contribution in [0.5, 0.6) is 5.75 Å². The molecule has 2 aromatic carbocycles. The van der Waals surface area contributed by atoms with Crippen LogP contribution in [0.3, 0.4) is 0 Å². The first-order valence-electron chi connectivity index (χ1n) is 8.62. The summed E-state index contributed by atoms with van der Waals surface area (Å²) in [5.41, 5.74) is 1.92. The molecule has 0 saturated heterocycles. The molecule has 2 aromatic heterocycles. The minimum Gasteiger partial charge on any atom is -0.486 e. The van der Waals surface area contributed by atoms with E-state index in [9.17, 15) is 4.39 Å². The van der Waals surface area contributed by atoms with Crippen LogP contribution in [0.1, 0.15) is 18.2 Å². The lowest BCUT2D eigenvalue weighted by atomic mass is 10.2. The molecular weight excluding hydrogens is 347 g/mol. The van der Waals surface area contributed by atoms with Gasteiger partial charge in [0.1, 0.15) is 23.9 Å². The van der Waals surface area contributed by atoms with Crippen LogP contribution in [0.4, 0.5) is 4.39 Å². The van der Waals surface area contributed by atoms with Crippen LogP contribution < -0.4 is 4.74 Å². The summed E-state index contributed by atoms with van der Waals surface area (Å²) in [6.45, 7) is 2.41. The minimum atomic E-state index is -0.317. The van der Waals surface area contributed by atoms with Gasteiger partial charge in [0.15, 0.2) is 5.76 Å². The van der Waals surface area contributed by atoms with Crippen LogP contribution in [0.25, 0.3) is 23.0 Å². The van der Waals surface area contributed by atoms with Crippen molar-refractivity contribution in [3.8, 4) is 28.8 Å². The van der Waals surface area contributed by atoms with E-state index in [-0.39, 0.29) is 11.7 Å². The molecule has 0 aliphatic heterocycles. The van der Waals surface area contributed by atoms with E-state index < -0.39 is 0 Å². The van der Waals surface area contributed by atoms with Crippen LogP contribution >= 0.6 is 0 Å². The minimum absolute atomic E-state index is 0.257. The first-order chi connectivity index (χ1) is 13.2. The molecule has 0 unspecified atom stereocenters. The van der Waals surface area contributed by atoms with E-state index in [4.69, 9.17) is 13.7 Å². The fraction of sp³-hybridized carbons (Fsp3) is 0.143. The summed E-state index contributed by atoms with van der Waals surface area (Å²) in [5, 5.41) is 3.91. The van der Waals surface area contributed by atoms with Crippen LogP contribution in [-0.2, 0) is 13.0 Å². The van der Waals surface area contributed by atoms with Gasteiger partial charge < -0.3 is 13.7 Å². The SMILES string of the molecule is CCc1ccc(OCc2ccc(-c3nc(-c4ccc(F)cc4)no3)o2)cc1. The third-order valence-electron chi connectivity index (χ3n) is 4.11. The standard InChI is InChI=1S/C21H17FN2O3/c1-2-14-3-9-17(10-4-14)25-13-18-11-12-19(26-18)21-23-20(24-27-21)15-5-7-16(22)8-6-15/h3-12H,2,13H2,1H3. The maximum absolute atomic E-state index is 13.0. The van der Waals surface area contributed by atoms with E-state index in [2.05, 4.69) is 17.1 Å². The Morgan fingerprint density at radius 2 is 1.74 bits per heavy atom. The Kier molecular flexibility index (Phi) is 4.70. The number of hydrogen-bond donors (Lipinski definition) is 0. The Bertz CT molecular complexity index is 1020. The third kappa shape index (κ3) is 3.89. The van der Waals surface area contributed by atoms with Crippen molar-refractivity contribution in [1.82, 2.24) is 10.1 Å². The molecule has 0 atom stereocenters. The van der Waals surface area contributed by atoms with Crippen LogP contribution in [0.15, 0.2) is 69.6 Å². The summed E-state index contributed by atoms with van der Waals surface area (Å²) < 4.78 is 29.7. The predicted molar refractivity (Wildman–Crippen MR) is 97.5 cm³/mol. The number of furan rings is 1. The quantitative estimate of drug-likeness (QED) is 0.466. The lowest BCUT2D eigenvalue weighted by Crippen LogP contribution is -1.93. The number of aromatic nitrogens is 2. The average Bonchev–Trinajstić information content (AvgIpc) is 3.37. The zero-order valence-electron chi connectivity index (χ0n) is 14.7. The smallest absolute Gasteiger partial charge is 0.293 e. The van der Waals surface area contributed by atoms with Crippen molar-refractivity contribution in [3.05, 3.63) is 77.8 Å². The maximum Gasteiger partial charge on any atom is 0.293 e. The maximum atomic E-state index is 13.0. The van der Waals surface area contributed by atoms with E-state index in [1.165, 1.54) is 17.7 Å². The molecule has 136 valence electrons. The molecule has 27 heavy (non-hydrogen) atoms. The van der Waals surface area contributed by atoms with E-state index in [0.29, 0.717) is 29.5 Å². The zero-order chi connectivity index (χ0) is 18.6. The normalized spacial score (nSPS) is 10.9. The summed E-state index contributed by atoms with van der Waals surface area (Å²) in [6.07, 6.45) is 0.992. The molecule has 4 aromatic rings. The number of aryl methyl sites for hydroxylation is 1. The second kappa shape index (κ2) is 7.45. The molecule has 4 rings (SSSR count). The van der Waals surface area contributed by atoms with Crippen molar-refractivity contribution < 1.29 is 18.1 Å². The summed E-state index contributed by atoms with van der Waals surface area (Å²) in [4.78, 5) is 4.30. The third-order valence-corrected chi connectivity index (χ3v) is 4.11. The van der Waals surface area contributed by atoms with Crippen LogP contribution in [0, 0.1) is 5.82 Å². The molecular formula is C21H17FN2O3. The highest BCUT2D eigenvalue weighted by molar-refractivity contribution is 5.57. The average molecular weight is 364 g/mol. The molecule has 0 radical (unpaired) electrons. The van der Waals surface area contributed by atoms with Gasteiger partial charge in [-0.2, -0.15) is 4.98 Å². The number of rotatable bonds is 6. The van der Waals surface area contributed by atoms with Gasteiger partial charge in [-0.3, -0.25) is 0 Å². The summed E-state index contributed by atoms with van der Waals surface area (Å²) in [7, 11) is 0. The van der Waals surface area contributed by atoms with E-state index in [1.807, 2.05) is 24.3 Å². The number of benzene rings is 2. The fourth-order valence-corrected chi connectivity index (χ4v) is 2.59.